The van der Waals surface area contributed by atoms with Crippen molar-refractivity contribution in [1.29, 1.82) is 0 Å². The van der Waals surface area contributed by atoms with Gasteiger partial charge < -0.3 is 10.0 Å². The molecule has 2 aromatic rings. The van der Waals surface area contributed by atoms with Crippen LogP contribution in [-0.2, 0) is 4.79 Å². The van der Waals surface area contributed by atoms with E-state index in [0.717, 1.165) is 37.2 Å². The molecule has 0 radical (unpaired) electrons. The van der Waals surface area contributed by atoms with Crippen LogP contribution in [0.2, 0.25) is 0 Å². The van der Waals surface area contributed by atoms with Crippen LogP contribution in [0.3, 0.4) is 0 Å². The molecule has 1 amide bonds. The Morgan fingerprint density at radius 3 is 2.64 bits per heavy atom. The molecule has 0 bridgehead atoms. The fourth-order valence-electron chi connectivity index (χ4n) is 3.02. The highest BCUT2D eigenvalue weighted by Gasteiger charge is 2.25. The lowest BCUT2D eigenvalue weighted by Crippen LogP contribution is -2.38. The molecule has 0 spiro atoms. The second-order valence-corrected chi connectivity index (χ2v) is 5.80. The van der Waals surface area contributed by atoms with E-state index in [2.05, 4.69) is 10.2 Å². The number of rotatable bonds is 4. The van der Waals surface area contributed by atoms with Crippen LogP contribution < -0.4 is 0 Å². The van der Waals surface area contributed by atoms with Gasteiger partial charge in [-0.1, -0.05) is 30.3 Å². The Labute approximate surface area is 130 Å². The van der Waals surface area contributed by atoms with Crippen LogP contribution in [0.1, 0.15) is 42.5 Å². The third-order valence-corrected chi connectivity index (χ3v) is 4.36. The number of amides is 1. The van der Waals surface area contributed by atoms with Crippen LogP contribution in [0.4, 0.5) is 0 Å². The molecule has 1 aromatic heterocycles. The van der Waals surface area contributed by atoms with Gasteiger partial charge in [0.1, 0.15) is 0 Å². The standard InChI is InChI=1S/C17H21N3O2/c21-16(14-4-2-1-3-5-14)12-17(22)20-10-7-13(8-11-20)15-6-9-18-19-15/h1-6,9,13,16,21H,7-8,10-12H2,(H,18,19). The van der Waals surface area contributed by atoms with Crippen molar-refractivity contribution in [3.63, 3.8) is 0 Å². The van der Waals surface area contributed by atoms with E-state index in [1.54, 1.807) is 6.20 Å². The Kier molecular flexibility index (Phi) is 4.53. The molecule has 1 fully saturated rings. The smallest absolute Gasteiger partial charge is 0.225 e. The summed E-state index contributed by atoms with van der Waals surface area (Å²) in [5.41, 5.74) is 1.94. The molecular weight excluding hydrogens is 278 g/mol. The van der Waals surface area contributed by atoms with Crippen LogP contribution in [0.25, 0.3) is 0 Å². The summed E-state index contributed by atoms with van der Waals surface area (Å²) >= 11 is 0. The molecule has 116 valence electrons. The molecule has 1 aliphatic rings. The lowest BCUT2D eigenvalue weighted by atomic mass is 9.93. The average Bonchev–Trinajstić information content (AvgIpc) is 3.10. The van der Waals surface area contributed by atoms with Crippen molar-refractivity contribution in [2.45, 2.75) is 31.3 Å². The summed E-state index contributed by atoms with van der Waals surface area (Å²) in [5, 5.41) is 17.2. The van der Waals surface area contributed by atoms with E-state index in [4.69, 9.17) is 0 Å². The van der Waals surface area contributed by atoms with E-state index in [-0.39, 0.29) is 12.3 Å². The number of nitrogens with one attached hydrogen (secondary N) is 1. The van der Waals surface area contributed by atoms with Gasteiger partial charge >= 0.3 is 0 Å². The van der Waals surface area contributed by atoms with Crippen molar-refractivity contribution < 1.29 is 9.90 Å². The minimum absolute atomic E-state index is 0.0272. The maximum absolute atomic E-state index is 12.3. The molecule has 5 heteroatoms. The molecule has 3 rings (SSSR count). The van der Waals surface area contributed by atoms with E-state index in [1.165, 1.54) is 0 Å². The average molecular weight is 299 g/mol. The van der Waals surface area contributed by atoms with Crippen molar-refractivity contribution in [3.8, 4) is 0 Å². The molecule has 1 aliphatic heterocycles. The monoisotopic (exact) mass is 299 g/mol. The van der Waals surface area contributed by atoms with Gasteiger partial charge in [-0.25, -0.2) is 0 Å². The number of aliphatic hydroxyl groups is 1. The van der Waals surface area contributed by atoms with E-state index in [1.807, 2.05) is 41.3 Å². The summed E-state index contributed by atoms with van der Waals surface area (Å²) in [5.74, 6) is 0.477. The number of hydrogen-bond donors (Lipinski definition) is 2. The molecule has 0 saturated carbocycles. The fraction of sp³-hybridized carbons (Fsp3) is 0.412. The van der Waals surface area contributed by atoms with E-state index in [0.29, 0.717) is 5.92 Å². The summed E-state index contributed by atoms with van der Waals surface area (Å²) in [7, 11) is 0. The van der Waals surface area contributed by atoms with E-state index < -0.39 is 6.10 Å². The van der Waals surface area contributed by atoms with E-state index in [9.17, 15) is 9.90 Å². The van der Waals surface area contributed by atoms with Gasteiger partial charge in [0.2, 0.25) is 5.91 Å². The number of nitrogens with zero attached hydrogens (tertiary/aromatic N) is 2. The molecule has 2 heterocycles. The van der Waals surface area contributed by atoms with Crippen molar-refractivity contribution in [1.82, 2.24) is 15.1 Å². The van der Waals surface area contributed by atoms with Gasteiger partial charge in [0.25, 0.3) is 0 Å². The second-order valence-electron chi connectivity index (χ2n) is 5.80. The quantitative estimate of drug-likeness (QED) is 0.909. The van der Waals surface area contributed by atoms with Crippen LogP contribution in [0.15, 0.2) is 42.6 Å². The first-order valence-electron chi connectivity index (χ1n) is 7.74. The Morgan fingerprint density at radius 1 is 1.27 bits per heavy atom. The van der Waals surface area contributed by atoms with Crippen LogP contribution in [0, 0.1) is 0 Å². The number of carbonyl (C=O) groups excluding carboxylic acids is 1. The van der Waals surface area contributed by atoms with Gasteiger partial charge in [-0.3, -0.25) is 9.89 Å². The van der Waals surface area contributed by atoms with Gasteiger partial charge in [-0.2, -0.15) is 5.10 Å². The highest BCUT2D eigenvalue weighted by molar-refractivity contribution is 5.77. The zero-order valence-electron chi connectivity index (χ0n) is 12.5. The van der Waals surface area contributed by atoms with E-state index >= 15 is 0 Å². The van der Waals surface area contributed by atoms with Crippen LogP contribution in [0.5, 0.6) is 0 Å². The van der Waals surface area contributed by atoms with Crippen molar-refractivity contribution in [2.75, 3.05) is 13.1 Å². The number of carbonyl (C=O) groups is 1. The predicted octanol–water partition coefficient (Wildman–Crippen LogP) is 2.24. The van der Waals surface area contributed by atoms with Gasteiger partial charge in [-0.15, -0.1) is 0 Å². The first kappa shape index (κ1) is 14.8. The number of H-pyrrole nitrogens is 1. The Bertz CT molecular complexity index is 590. The lowest BCUT2D eigenvalue weighted by molar-refractivity contribution is -0.134. The van der Waals surface area contributed by atoms with Crippen LogP contribution >= 0.6 is 0 Å². The molecule has 1 saturated heterocycles. The zero-order valence-corrected chi connectivity index (χ0v) is 12.5. The third-order valence-electron chi connectivity index (χ3n) is 4.36. The van der Waals surface area contributed by atoms with Gasteiger partial charge in [0.15, 0.2) is 0 Å². The molecule has 1 aromatic carbocycles. The summed E-state index contributed by atoms with van der Waals surface area (Å²) in [6, 6.07) is 11.3. The Morgan fingerprint density at radius 2 is 2.00 bits per heavy atom. The Hall–Kier alpha value is -2.14. The van der Waals surface area contributed by atoms with Gasteiger partial charge in [0, 0.05) is 30.9 Å². The number of aromatic nitrogens is 2. The summed E-state index contributed by atoms with van der Waals surface area (Å²) in [6.07, 6.45) is 3.08. The maximum Gasteiger partial charge on any atom is 0.225 e. The largest absolute Gasteiger partial charge is 0.388 e. The molecule has 22 heavy (non-hydrogen) atoms. The number of benzene rings is 1. The Balaban J connectivity index is 1.52. The van der Waals surface area contributed by atoms with Crippen molar-refractivity contribution >= 4 is 5.91 Å². The van der Waals surface area contributed by atoms with Crippen LogP contribution in [-0.4, -0.2) is 39.2 Å². The second kappa shape index (κ2) is 6.75. The first-order chi connectivity index (χ1) is 10.7. The van der Waals surface area contributed by atoms with Gasteiger partial charge in [0.05, 0.1) is 12.5 Å². The lowest BCUT2D eigenvalue weighted by Gasteiger charge is -2.32. The SMILES string of the molecule is O=C(CC(O)c1ccccc1)N1CCC(c2ccn[nH]2)CC1. The fourth-order valence-corrected chi connectivity index (χ4v) is 3.02. The molecule has 0 aliphatic carbocycles. The number of aliphatic hydroxyl groups excluding tert-OH is 1. The highest BCUT2D eigenvalue weighted by Crippen LogP contribution is 2.27. The summed E-state index contributed by atoms with van der Waals surface area (Å²) < 4.78 is 0. The van der Waals surface area contributed by atoms with Crippen molar-refractivity contribution in [2.24, 2.45) is 0 Å². The minimum Gasteiger partial charge on any atom is -0.388 e. The predicted molar refractivity (Wildman–Crippen MR) is 83.2 cm³/mol. The molecule has 1 atom stereocenters. The molecule has 1 unspecified atom stereocenters. The maximum atomic E-state index is 12.3. The topological polar surface area (TPSA) is 69.2 Å². The summed E-state index contributed by atoms with van der Waals surface area (Å²) in [4.78, 5) is 14.2. The molecular formula is C17H21N3O2. The van der Waals surface area contributed by atoms with Gasteiger partial charge in [-0.05, 0) is 24.5 Å². The summed E-state index contributed by atoms with van der Waals surface area (Å²) in [6.45, 7) is 1.48. The zero-order chi connectivity index (χ0) is 15.4. The normalized spacial score (nSPS) is 17.4. The number of likely N-dealkylation sites (tertiary alicyclic amines) is 1. The first-order valence-corrected chi connectivity index (χ1v) is 7.74. The minimum atomic E-state index is -0.723. The highest BCUT2D eigenvalue weighted by atomic mass is 16.3. The number of piperidine rings is 1. The third kappa shape index (κ3) is 3.36. The van der Waals surface area contributed by atoms with Crippen molar-refractivity contribution in [3.05, 3.63) is 53.9 Å². The molecule has 5 nitrogen and oxygen atoms in total. The number of aromatic amines is 1. The number of hydrogen-bond acceptors (Lipinski definition) is 3. The molecule has 2 N–H and O–H groups in total.